The van der Waals surface area contributed by atoms with Gasteiger partial charge in [0.2, 0.25) is 0 Å². The van der Waals surface area contributed by atoms with Gasteiger partial charge in [0.05, 0.1) is 0 Å². The van der Waals surface area contributed by atoms with Crippen molar-refractivity contribution >= 4 is 6.09 Å². The number of amides is 1. The Morgan fingerprint density at radius 3 is 2.65 bits per heavy atom. The topological polar surface area (TPSA) is 55.6 Å². The van der Waals surface area contributed by atoms with Crippen molar-refractivity contribution in [2.75, 3.05) is 6.54 Å². The van der Waals surface area contributed by atoms with Crippen LogP contribution in [-0.4, -0.2) is 34.7 Å². The van der Waals surface area contributed by atoms with E-state index >= 15 is 0 Å². The van der Waals surface area contributed by atoms with Crippen LogP contribution < -0.4 is 5.73 Å². The second-order valence-electron chi connectivity index (χ2n) is 6.54. The highest BCUT2D eigenvalue weighted by Crippen LogP contribution is 2.40. The van der Waals surface area contributed by atoms with Gasteiger partial charge in [-0.3, -0.25) is 0 Å². The number of carbonyl (C=O) groups is 1. The Morgan fingerprint density at radius 1 is 1.47 bits per heavy atom. The summed E-state index contributed by atoms with van der Waals surface area (Å²) in [4.78, 5) is 13.9. The van der Waals surface area contributed by atoms with E-state index in [1.165, 1.54) is 0 Å². The number of likely N-dealkylation sites (tertiary alicyclic amines) is 1. The van der Waals surface area contributed by atoms with Gasteiger partial charge in [-0.2, -0.15) is 0 Å². The smallest absolute Gasteiger partial charge is 0.410 e. The van der Waals surface area contributed by atoms with Crippen molar-refractivity contribution in [2.24, 2.45) is 5.73 Å². The molecule has 2 N–H and O–H groups in total. The van der Waals surface area contributed by atoms with Gasteiger partial charge in [-0.1, -0.05) is 0 Å². The van der Waals surface area contributed by atoms with Gasteiger partial charge in [0.25, 0.3) is 0 Å². The van der Waals surface area contributed by atoms with E-state index in [1.54, 1.807) is 0 Å². The molecule has 0 spiro atoms. The van der Waals surface area contributed by atoms with Crippen LogP contribution in [0, 0.1) is 0 Å². The van der Waals surface area contributed by atoms with E-state index in [1.807, 2.05) is 25.7 Å². The molecular formula is C13H24N2O2. The summed E-state index contributed by atoms with van der Waals surface area (Å²) in [5.74, 6) is 0. The highest BCUT2D eigenvalue weighted by atomic mass is 16.6. The Kier molecular flexibility index (Phi) is 3.10. The molecule has 1 amide bonds. The number of nitrogens with two attached hydrogens (primary N) is 1. The number of hydrogen-bond acceptors (Lipinski definition) is 3. The lowest BCUT2D eigenvalue weighted by atomic mass is 10.0. The fourth-order valence-electron chi connectivity index (χ4n) is 2.44. The minimum absolute atomic E-state index is 0.00920. The van der Waals surface area contributed by atoms with Crippen LogP contribution in [0.15, 0.2) is 0 Å². The van der Waals surface area contributed by atoms with Crippen LogP contribution in [0.2, 0.25) is 0 Å². The van der Waals surface area contributed by atoms with E-state index in [0.717, 1.165) is 38.6 Å². The van der Waals surface area contributed by atoms with Crippen LogP contribution in [0.1, 0.15) is 52.9 Å². The zero-order valence-corrected chi connectivity index (χ0v) is 11.2. The molecule has 0 bridgehead atoms. The largest absolute Gasteiger partial charge is 0.444 e. The molecule has 0 aromatic rings. The van der Waals surface area contributed by atoms with Crippen molar-refractivity contribution < 1.29 is 9.53 Å². The predicted molar refractivity (Wildman–Crippen MR) is 66.7 cm³/mol. The molecule has 0 radical (unpaired) electrons. The summed E-state index contributed by atoms with van der Waals surface area (Å²) in [6.07, 6.45) is 5.10. The first kappa shape index (κ1) is 12.7. The lowest BCUT2D eigenvalue weighted by Crippen LogP contribution is -2.42. The Morgan fingerprint density at radius 2 is 2.12 bits per heavy atom. The Labute approximate surface area is 103 Å². The molecule has 1 unspecified atom stereocenters. The monoisotopic (exact) mass is 240 g/mol. The molecule has 1 saturated carbocycles. The maximum atomic E-state index is 12.0. The molecule has 2 rings (SSSR count). The third kappa shape index (κ3) is 3.35. The molecular weight excluding hydrogens is 216 g/mol. The summed E-state index contributed by atoms with van der Waals surface area (Å²) in [7, 11) is 0. The maximum Gasteiger partial charge on any atom is 0.410 e. The number of carbonyl (C=O) groups excluding carboxylic acids is 1. The molecule has 1 aliphatic carbocycles. The first-order chi connectivity index (χ1) is 7.79. The van der Waals surface area contributed by atoms with Crippen LogP contribution in [-0.2, 0) is 4.74 Å². The van der Waals surface area contributed by atoms with Gasteiger partial charge in [0.15, 0.2) is 0 Å². The van der Waals surface area contributed by atoms with Crippen LogP contribution in [0.25, 0.3) is 0 Å². The normalized spacial score (nSPS) is 27.1. The highest BCUT2D eigenvalue weighted by Gasteiger charge is 2.43. The number of nitrogens with zero attached hydrogens (tertiary/aromatic N) is 1. The lowest BCUT2D eigenvalue weighted by molar-refractivity contribution is 0.0214. The second-order valence-corrected chi connectivity index (χ2v) is 6.54. The standard InChI is InChI=1S/C13H24N2O2/c1-12(2,3)17-11(16)15-8-4-5-10(15)9-13(14)6-7-13/h10H,4-9,14H2,1-3H3. The molecule has 2 aliphatic rings. The van der Waals surface area contributed by atoms with Gasteiger partial charge in [0.1, 0.15) is 5.60 Å². The lowest BCUT2D eigenvalue weighted by Gasteiger charge is -2.29. The van der Waals surface area contributed by atoms with Gasteiger partial charge in [-0.15, -0.1) is 0 Å². The maximum absolute atomic E-state index is 12.0. The molecule has 98 valence electrons. The molecule has 4 heteroatoms. The molecule has 1 aliphatic heterocycles. The minimum Gasteiger partial charge on any atom is -0.444 e. The molecule has 2 fully saturated rings. The van der Waals surface area contributed by atoms with E-state index in [4.69, 9.17) is 10.5 Å². The average Bonchev–Trinajstić information content (AvgIpc) is 2.73. The van der Waals surface area contributed by atoms with Crippen molar-refractivity contribution in [3.05, 3.63) is 0 Å². The first-order valence-corrected chi connectivity index (χ1v) is 6.58. The number of ether oxygens (including phenoxy) is 1. The third-order valence-corrected chi connectivity index (χ3v) is 3.54. The van der Waals surface area contributed by atoms with Gasteiger partial charge >= 0.3 is 6.09 Å². The van der Waals surface area contributed by atoms with Crippen LogP contribution >= 0.6 is 0 Å². The van der Waals surface area contributed by atoms with Crippen LogP contribution in [0.4, 0.5) is 4.79 Å². The quantitative estimate of drug-likeness (QED) is 0.805. The zero-order chi connectivity index (χ0) is 12.7. The molecule has 17 heavy (non-hydrogen) atoms. The summed E-state index contributed by atoms with van der Waals surface area (Å²) < 4.78 is 5.43. The molecule has 1 saturated heterocycles. The summed E-state index contributed by atoms with van der Waals surface area (Å²) in [5.41, 5.74) is 5.73. The summed E-state index contributed by atoms with van der Waals surface area (Å²) in [5, 5.41) is 0. The highest BCUT2D eigenvalue weighted by molar-refractivity contribution is 5.69. The van der Waals surface area contributed by atoms with Gasteiger partial charge in [-0.05, 0) is 52.9 Å². The first-order valence-electron chi connectivity index (χ1n) is 6.58. The number of rotatable bonds is 2. The zero-order valence-electron chi connectivity index (χ0n) is 11.2. The fourth-order valence-corrected chi connectivity index (χ4v) is 2.44. The Bertz CT molecular complexity index is 305. The van der Waals surface area contributed by atoms with E-state index in [2.05, 4.69) is 0 Å². The molecule has 4 nitrogen and oxygen atoms in total. The molecule has 1 atom stereocenters. The van der Waals surface area contributed by atoms with E-state index in [9.17, 15) is 4.79 Å². The van der Waals surface area contributed by atoms with Crippen molar-refractivity contribution in [1.29, 1.82) is 0 Å². The van der Waals surface area contributed by atoms with Gasteiger partial charge in [0, 0.05) is 18.1 Å². The summed E-state index contributed by atoms with van der Waals surface area (Å²) in [6, 6.07) is 0.289. The Balaban J connectivity index is 1.92. The van der Waals surface area contributed by atoms with Crippen LogP contribution in [0.3, 0.4) is 0 Å². The molecule has 0 aromatic carbocycles. The van der Waals surface area contributed by atoms with Crippen LogP contribution in [0.5, 0.6) is 0 Å². The predicted octanol–water partition coefficient (Wildman–Crippen LogP) is 2.27. The third-order valence-electron chi connectivity index (χ3n) is 3.54. The molecule has 0 aromatic heterocycles. The van der Waals surface area contributed by atoms with Crippen molar-refractivity contribution in [3.63, 3.8) is 0 Å². The average molecular weight is 240 g/mol. The van der Waals surface area contributed by atoms with Crippen molar-refractivity contribution in [3.8, 4) is 0 Å². The van der Waals surface area contributed by atoms with Gasteiger partial charge in [-0.25, -0.2) is 4.79 Å². The van der Waals surface area contributed by atoms with Crippen molar-refractivity contribution in [2.45, 2.75) is 70.1 Å². The fraction of sp³-hybridized carbons (Fsp3) is 0.923. The SMILES string of the molecule is CC(C)(C)OC(=O)N1CCCC1CC1(N)CC1. The number of hydrogen-bond donors (Lipinski definition) is 1. The summed E-state index contributed by atoms with van der Waals surface area (Å²) in [6.45, 7) is 6.53. The minimum atomic E-state index is -0.412. The Hall–Kier alpha value is -0.770. The van der Waals surface area contributed by atoms with Crippen molar-refractivity contribution in [1.82, 2.24) is 4.90 Å². The van der Waals surface area contributed by atoms with E-state index < -0.39 is 5.60 Å². The summed E-state index contributed by atoms with van der Waals surface area (Å²) >= 11 is 0. The van der Waals surface area contributed by atoms with Gasteiger partial charge < -0.3 is 15.4 Å². The van der Waals surface area contributed by atoms with E-state index in [-0.39, 0.29) is 17.7 Å². The molecule has 1 heterocycles. The second kappa shape index (κ2) is 4.16. The van der Waals surface area contributed by atoms with E-state index in [0.29, 0.717) is 0 Å².